The quantitative estimate of drug-likeness (QED) is 0.579. The number of hydrogen-bond acceptors (Lipinski definition) is 6. The van der Waals surface area contributed by atoms with Gasteiger partial charge in [0.2, 0.25) is 15.9 Å². The Morgan fingerprint density at radius 1 is 0.935 bits per heavy atom. The van der Waals surface area contributed by atoms with Gasteiger partial charge in [0.05, 0.1) is 24.7 Å². The lowest BCUT2D eigenvalue weighted by Crippen LogP contribution is -2.41. The molecule has 9 nitrogen and oxygen atoms in total. The summed E-state index contributed by atoms with van der Waals surface area (Å²) in [6, 6.07) is 15.4. The second kappa shape index (κ2) is 10.9. The van der Waals surface area contributed by atoms with Gasteiger partial charge in [-0.15, -0.1) is 0 Å². The number of carbonyl (C=O) groups is 2. The van der Waals surface area contributed by atoms with Gasteiger partial charge in [0.15, 0.2) is 6.61 Å². The van der Waals surface area contributed by atoms with Crippen LogP contribution in [0.15, 0.2) is 59.5 Å². The van der Waals surface area contributed by atoms with Gasteiger partial charge in [-0.05, 0) is 23.8 Å². The second-order valence-corrected chi connectivity index (χ2v) is 8.69. The number of sulfonamides is 1. The first-order valence-corrected chi connectivity index (χ1v) is 11.3. The lowest BCUT2D eigenvalue weighted by atomic mass is 10.2. The smallest absolute Gasteiger partial charge is 0.258 e. The Morgan fingerprint density at radius 2 is 1.61 bits per heavy atom. The molecule has 0 saturated carbocycles. The molecule has 2 aromatic rings. The highest BCUT2D eigenvalue weighted by molar-refractivity contribution is 7.89. The molecule has 31 heavy (non-hydrogen) atoms. The number of carbonyl (C=O) groups excluding carboxylic acids is 2. The summed E-state index contributed by atoms with van der Waals surface area (Å²) in [6.07, 6.45) is 0. The maximum absolute atomic E-state index is 12.9. The largest absolute Gasteiger partial charge is 0.484 e. The van der Waals surface area contributed by atoms with Crippen LogP contribution in [0.2, 0.25) is 0 Å². The van der Waals surface area contributed by atoms with E-state index in [2.05, 4.69) is 10.6 Å². The Kier molecular flexibility index (Phi) is 7.99. The highest BCUT2D eigenvalue weighted by Crippen LogP contribution is 2.21. The number of hydrogen-bond donors (Lipinski definition) is 2. The fourth-order valence-electron chi connectivity index (χ4n) is 2.98. The molecule has 3 rings (SSSR count). The van der Waals surface area contributed by atoms with Crippen molar-refractivity contribution < 1.29 is 27.5 Å². The number of amides is 2. The van der Waals surface area contributed by atoms with Crippen LogP contribution in [0.5, 0.6) is 5.75 Å². The second-order valence-electron chi connectivity index (χ2n) is 6.78. The summed E-state index contributed by atoms with van der Waals surface area (Å²) in [5.41, 5.74) is 0.473. The molecule has 1 aliphatic rings. The van der Waals surface area contributed by atoms with Gasteiger partial charge in [0, 0.05) is 19.6 Å². The van der Waals surface area contributed by atoms with E-state index in [9.17, 15) is 18.0 Å². The molecule has 10 heteroatoms. The minimum Gasteiger partial charge on any atom is -0.484 e. The Labute approximate surface area is 181 Å². The van der Waals surface area contributed by atoms with E-state index >= 15 is 0 Å². The first-order valence-electron chi connectivity index (χ1n) is 9.84. The van der Waals surface area contributed by atoms with E-state index in [1.807, 2.05) is 6.07 Å². The molecule has 1 saturated heterocycles. The van der Waals surface area contributed by atoms with Gasteiger partial charge in [-0.25, -0.2) is 8.42 Å². The average Bonchev–Trinajstić information content (AvgIpc) is 2.81. The third-order valence-corrected chi connectivity index (χ3v) is 6.59. The molecule has 2 amide bonds. The lowest BCUT2D eigenvalue weighted by Gasteiger charge is -2.27. The van der Waals surface area contributed by atoms with Crippen molar-refractivity contribution in [3.8, 4) is 5.75 Å². The minimum absolute atomic E-state index is 0.0228. The summed E-state index contributed by atoms with van der Waals surface area (Å²) in [5, 5.41) is 5.11. The summed E-state index contributed by atoms with van der Waals surface area (Å²) in [6.45, 7) is 0.861. The Morgan fingerprint density at radius 3 is 2.35 bits per heavy atom. The van der Waals surface area contributed by atoms with Gasteiger partial charge >= 0.3 is 0 Å². The molecule has 1 fully saturated rings. The Hall–Kier alpha value is -2.95. The van der Waals surface area contributed by atoms with E-state index in [-0.39, 0.29) is 24.6 Å². The molecule has 1 heterocycles. The number of nitrogens with zero attached hydrogens (tertiary/aromatic N) is 1. The van der Waals surface area contributed by atoms with Crippen LogP contribution in [0.25, 0.3) is 0 Å². The maximum Gasteiger partial charge on any atom is 0.258 e. The standard InChI is InChI=1S/C21H25N3O6S/c25-20(15-23-21(26)16-30-18-7-2-1-3-8-18)22-14-17-6-4-5-9-19(17)31(27,28)24-10-12-29-13-11-24/h1-9H,10-16H2,(H,22,25)(H,23,26). The zero-order valence-corrected chi connectivity index (χ0v) is 17.8. The number of rotatable bonds is 9. The zero-order chi connectivity index (χ0) is 22.1. The molecule has 0 spiro atoms. The van der Waals surface area contributed by atoms with Crippen LogP contribution in [0, 0.1) is 0 Å². The van der Waals surface area contributed by atoms with Crippen molar-refractivity contribution in [2.75, 3.05) is 39.5 Å². The fourth-order valence-corrected chi connectivity index (χ4v) is 4.61. The van der Waals surface area contributed by atoms with Crippen LogP contribution < -0.4 is 15.4 Å². The van der Waals surface area contributed by atoms with Crippen molar-refractivity contribution in [1.29, 1.82) is 0 Å². The summed E-state index contributed by atoms with van der Waals surface area (Å²) in [5.74, 6) is -0.318. The number of ether oxygens (including phenoxy) is 2. The molecular formula is C21H25N3O6S. The van der Waals surface area contributed by atoms with E-state index in [1.54, 1.807) is 42.5 Å². The number of morpholine rings is 1. The molecule has 0 unspecified atom stereocenters. The predicted molar refractivity (Wildman–Crippen MR) is 113 cm³/mol. The van der Waals surface area contributed by atoms with Gasteiger partial charge in [-0.2, -0.15) is 4.31 Å². The van der Waals surface area contributed by atoms with E-state index < -0.39 is 21.8 Å². The third-order valence-electron chi connectivity index (χ3n) is 4.60. The van der Waals surface area contributed by atoms with Crippen molar-refractivity contribution in [2.45, 2.75) is 11.4 Å². The van der Waals surface area contributed by atoms with Crippen LogP contribution in [-0.4, -0.2) is 64.0 Å². The van der Waals surface area contributed by atoms with Crippen LogP contribution in [0.1, 0.15) is 5.56 Å². The van der Waals surface area contributed by atoms with E-state index in [1.165, 1.54) is 10.4 Å². The van der Waals surface area contributed by atoms with Crippen LogP contribution >= 0.6 is 0 Å². The topological polar surface area (TPSA) is 114 Å². The molecule has 2 aromatic carbocycles. The zero-order valence-electron chi connectivity index (χ0n) is 17.0. The van der Waals surface area contributed by atoms with Gasteiger partial charge in [0.1, 0.15) is 5.75 Å². The van der Waals surface area contributed by atoms with Crippen LogP contribution in [-0.2, 0) is 30.9 Å². The summed E-state index contributed by atoms with van der Waals surface area (Å²) >= 11 is 0. The van der Waals surface area contributed by atoms with Gasteiger partial charge < -0.3 is 20.1 Å². The normalized spacial score (nSPS) is 14.6. The van der Waals surface area contributed by atoms with Gasteiger partial charge in [0.25, 0.3) is 5.91 Å². The van der Waals surface area contributed by atoms with Crippen molar-refractivity contribution in [1.82, 2.24) is 14.9 Å². The number of benzene rings is 2. The lowest BCUT2D eigenvalue weighted by molar-refractivity contribution is -0.127. The summed E-state index contributed by atoms with van der Waals surface area (Å²) < 4.78 is 37.8. The van der Waals surface area contributed by atoms with Crippen molar-refractivity contribution in [3.05, 3.63) is 60.2 Å². The van der Waals surface area contributed by atoms with E-state index in [4.69, 9.17) is 9.47 Å². The Bertz CT molecular complexity index is 991. The highest BCUT2D eigenvalue weighted by Gasteiger charge is 2.28. The predicted octanol–water partition coefficient (Wildman–Crippen LogP) is 0.519. The van der Waals surface area contributed by atoms with Gasteiger partial charge in [-0.3, -0.25) is 9.59 Å². The third kappa shape index (κ3) is 6.51. The van der Waals surface area contributed by atoms with E-state index in [0.29, 0.717) is 37.6 Å². The molecule has 166 valence electrons. The first-order chi connectivity index (χ1) is 15.0. The molecular weight excluding hydrogens is 422 g/mol. The monoisotopic (exact) mass is 447 g/mol. The molecule has 0 radical (unpaired) electrons. The Balaban J connectivity index is 1.49. The van der Waals surface area contributed by atoms with E-state index in [0.717, 1.165) is 0 Å². The molecule has 1 aliphatic heterocycles. The molecule has 0 aliphatic carbocycles. The molecule has 0 bridgehead atoms. The van der Waals surface area contributed by atoms with Crippen LogP contribution in [0.4, 0.5) is 0 Å². The highest BCUT2D eigenvalue weighted by atomic mass is 32.2. The SMILES string of the molecule is O=C(CNC(=O)COc1ccccc1)NCc1ccccc1S(=O)(=O)N1CCOCC1. The summed E-state index contributed by atoms with van der Waals surface area (Å²) in [7, 11) is -3.68. The van der Waals surface area contributed by atoms with Crippen LogP contribution in [0.3, 0.4) is 0 Å². The van der Waals surface area contributed by atoms with Gasteiger partial charge in [-0.1, -0.05) is 36.4 Å². The van der Waals surface area contributed by atoms with Crippen molar-refractivity contribution in [3.63, 3.8) is 0 Å². The fraction of sp³-hybridized carbons (Fsp3) is 0.333. The maximum atomic E-state index is 12.9. The first kappa shape index (κ1) is 22.7. The van der Waals surface area contributed by atoms with Crippen molar-refractivity contribution >= 4 is 21.8 Å². The number of para-hydroxylation sites is 1. The molecule has 2 N–H and O–H groups in total. The minimum atomic E-state index is -3.68. The average molecular weight is 448 g/mol. The molecule has 0 atom stereocenters. The van der Waals surface area contributed by atoms with Crippen molar-refractivity contribution in [2.24, 2.45) is 0 Å². The molecule has 0 aromatic heterocycles. The number of nitrogens with one attached hydrogen (secondary N) is 2. The summed E-state index contributed by atoms with van der Waals surface area (Å²) in [4.78, 5) is 24.1.